The van der Waals surface area contributed by atoms with Gasteiger partial charge in [-0.1, -0.05) is 13.8 Å². The van der Waals surface area contributed by atoms with Crippen molar-refractivity contribution >= 4 is 5.69 Å². The van der Waals surface area contributed by atoms with Crippen molar-refractivity contribution in [2.24, 2.45) is 11.8 Å². The Morgan fingerprint density at radius 1 is 1.33 bits per heavy atom. The molecule has 1 aromatic carbocycles. The second-order valence-corrected chi connectivity index (χ2v) is 6.13. The maximum absolute atomic E-state index is 13.6. The van der Waals surface area contributed by atoms with E-state index in [-0.39, 0.29) is 5.82 Å². The van der Waals surface area contributed by atoms with Crippen LogP contribution < -0.4 is 10.2 Å². The fourth-order valence-electron chi connectivity index (χ4n) is 2.88. The van der Waals surface area contributed by atoms with E-state index in [2.05, 4.69) is 24.1 Å². The van der Waals surface area contributed by atoms with Crippen LogP contribution in [0.25, 0.3) is 0 Å². The van der Waals surface area contributed by atoms with Crippen LogP contribution in [0.5, 0.6) is 0 Å². The molecule has 1 saturated heterocycles. The van der Waals surface area contributed by atoms with Gasteiger partial charge < -0.3 is 15.0 Å². The lowest BCUT2D eigenvalue weighted by molar-refractivity contribution is 0.199. The quantitative estimate of drug-likeness (QED) is 0.816. The number of halogens is 1. The first-order valence-corrected chi connectivity index (χ1v) is 7.85. The van der Waals surface area contributed by atoms with Gasteiger partial charge in [-0.15, -0.1) is 0 Å². The molecular weight excluding hydrogens is 267 g/mol. The maximum Gasteiger partial charge on any atom is 0.123 e. The summed E-state index contributed by atoms with van der Waals surface area (Å²) in [4.78, 5) is 2.40. The fraction of sp³-hybridized carbons (Fsp3) is 0.647. The van der Waals surface area contributed by atoms with Crippen LogP contribution in [0.15, 0.2) is 18.2 Å². The number of anilines is 1. The average molecular weight is 294 g/mol. The van der Waals surface area contributed by atoms with Crippen LogP contribution in [0.2, 0.25) is 0 Å². The highest BCUT2D eigenvalue weighted by Gasteiger charge is 2.24. The number of hydrogen-bond acceptors (Lipinski definition) is 3. The lowest BCUT2D eigenvalue weighted by atomic mass is 9.88. The molecule has 1 aliphatic rings. The minimum atomic E-state index is -0.166. The summed E-state index contributed by atoms with van der Waals surface area (Å²) in [5, 5.41) is 3.31. The number of rotatable bonds is 6. The third kappa shape index (κ3) is 4.42. The van der Waals surface area contributed by atoms with Gasteiger partial charge >= 0.3 is 0 Å². The van der Waals surface area contributed by atoms with E-state index in [1.807, 2.05) is 6.07 Å². The molecule has 21 heavy (non-hydrogen) atoms. The van der Waals surface area contributed by atoms with Crippen molar-refractivity contribution in [2.45, 2.75) is 26.8 Å². The Labute approximate surface area is 127 Å². The molecule has 1 aliphatic heterocycles. The molecule has 1 fully saturated rings. The predicted octanol–water partition coefficient (Wildman–Crippen LogP) is 3.04. The van der Waals surface area contributed by atoms with Gasteiger partial charge in [-0.3, -0.25) is 0 Å². The van der Waals surface area contributed by atoms with E-state index in [0.29, 0.717) is 19.1 Å². The molecule has 4 heteroatoms. The van der Waals surface area contributed by atoms with Crippen molar-refractivity contribution in [1.29, 1.82) is 0 Å². The van der Waals surface area contributed by atoms with Gasteiger partial charge in [0.05, 0.1) is 6.61 Å². The number of methoxy groups -OCH3 is 1. The molecule has 1 aromatic rings. The lowest BCUT2D eigenvalue weighted by Gasteiger charge is -2.37. The monoisotopic (exact) mass is 294 g/mol. The normalized spacial score (nSPS) is 22.6. The van der Waals surface area contributed by atoms with Crippen LogP contribution in [0, 0.1) is 17.7 Å². The number of benzene rings is 1. The highest BCUT2D eigenvalue weighted by atomic mass is 19.1. The molecule has 0 bridgehead atoms. The van der Waals surface area contributed by atoms with Gasteiger partial charge in [0.2, 0.25) is 0 Å². The van der Waals surface area contributed by atoms with Gasteiger partial charge in [0.1, 0.15) is 5.82 Å². The minimum absolute atomic E-state index is 0.166. The standard InChI is InChI=1S/C17H27FN2O/c1-13-6-8-20(12-14(13)2)17-5-4-16(18)10-15(17)11-19-7-9-21-3/h4-5,10,13-14,19H,6-9,11-12H2,1-3H3. The second kappa shape index (κ2) is 7.76. The van der Waals surface area contributed by atoms with E-state index in [9.17, 15) is 4.39 Å². The molecule has 2 rings (SSSR count). The zero-order valence-electron chi connectivity index (χ0n) is 13.4. The van der Waals surface area contributed by atoms with E-state index >= 15 is 0 Å². The number of ether oxygens (including phenoxy) is 1. The van der Waals surface area contributed by atoms with Gasteiger partial charge in [0.25, 0.3) is 0 Å². The van der Waals surface area contributed by atoms with Crippen molar-refractivity contribution in [3.05, 3.63) is 29.6 Å². The lowest BCUT2D eigenvalue weighted by Crippen LogP contribution is -2.39. The summed E-state index contributed by atoms with van der Waals surface area (Å²) >= 11 is 0. The van der Waals surface area contributed by atoms with E-state index in [0.717, 1.165) is 31.1 Å². The van der Waals surface area contributed by atoms with Crippen LogP contribution >= 0.6 is 0 Å². The molecule has 2 unspecified atom stereocenters. The zero-order chi connectivity index (χ0) is 15.2. The number of piperidine rings is 1. The first-order valence-electron chi connectivity index (χ1n) is 7.85. The minimum Gasteiger partial charge on any atom is -0.383 e. The van der Waals surface area contributed by atoms with Gasteiger partial charge in [0, 0.05) is 39.0 Å². The van der Waals surface area contributed by atoms with Crippen molar-refractivity contribution in [2.75, 3.05) is 38.3 Å². The molecule has 0 aromatic heterocycles. The SMILES string of the molecule is COCCNCc1cc(F)ccc1N1CCC(C)C(C)C1. The fourth-order valence-corrected chi connectivity index (χ4v) is 2.88. The van der Waals surface area contributed by atoms with Crippen molar-refractivity contribution in [3.8, 4) is 0 Å². The number of hydrogen-bond donors (Lipinski definition) is 1. The summed E-state index contributed by atoms with van der Waals surface area (Å²) in [6, 6.07) is 5.14. The van der Waals surface area contributed by atoms with Gasteiger partial charge in [-0.2, -0.15) is 0 Å². The highest BCUT2D eigenvalue weighted by molar-refractivity contribution is 5.54. The Kier molecular flexibility index (Phi) is 6.00. The topological polar surface area (TPSA) is 24.5 Å². The van der Waals surface area contributed by atoms with Gasteiger partial charge in [0.15, 0.2) is 0 Å². The smallest absolute Gasteiger partial charge is 0.123 e. The molecule has 0 amide bonds. The highest BCUT2D eigenvalue weighted by Crippen LogP contribution is 2.29. The molecule has 118 valence electrons. The maximum atomic E-state index is 13.6. The molecule has 0 saturated carbocycles. The van der Waals surface area contributed by atoms with Crippen LogP contribution in [-0.4, -0.2) is 33.4 Å². The van der Waals surface area contributed by atoms with Gasteiger partial charge in [-0.05, 0) is 42.0 Å². The van der Waals surface area contributed by atoms with Crippen molar-refractivity contribution in [1.82, 2.24) is 5.32 Å². The average Bonchev–Trinajstić information content (AvgIpc) is 2.47. The third-order valence-electron chi connectivity index (χ3n) is 4.51. The van der Waals surface area contributed by atoms with E-state index in [4.69, 9.17) is 4.74 Å². The number of nitrogens with one attached hydrogen (secondary N) is 1. The predicted molar refractivity (Wildman–Crippen MR) is 85.1 cm³/mol. The third-order valence-corrected chi connectivity index (χ3v) is 4.51. The summed E-state index contributed by atoms with van der Waals surface area (Å²) in [6.07, 6.45) is 1.20. The Morgan fingerprint density at radius 3 is 2.86 bits per heavy atom. The van der Waals surface area contributed by atoms with Crippen LogP contribution in [-0.2, 0) is 11.3 Å². The number of nitrogens with zero attached hydrogens (tertiary/aromatic N) is 1. The second-order valence-electron chi connectivity index (χ2n) is 6.13. The molecule has 2 atom stereocenters. The Balaban J connectivity index is 2.07. The summed E-state index contributed by atoms with van der Waals surface area (Å²) in [7, 11) is 1.69. The summed E-state index contributed by atoms with van der Waals surface area (Å²) in [6.45, 7) is 8.86. The largest absolute Gasteiger partial charge is 0.383 e. The summed E-state index contributed by atoms with van der Waals surface area (Å²) in [5.74, 6) is 1.28. The molecule has 0 spiro atoms. The Hall–Kier alpha value is -1.13. The molecule has 0 aliphatic carbocycles. The Bertz CT molecular complexity index is 452. The van der Waals surface area contributed by atoms with E-state index < -0.39 is 0 Å². The molecule has 3 nitrogen and oxygen atoms in total. The van der Waals surface area contributed by atoms with E-state index in [1.54, 1.807) is 19.2 Å². The van der Waals surface area contributed by atoms with Crippen molar-refractivity contribution < 1.29 is 9.13 Å². The van der Waals surface area contributed by atoms with Crippen LogP contribution in [0.3, 0.4) is 0 Å². The molecule has 1 N–H and O–H groups in total. The summed E-state index contributed by atoms with van der Waals surface area (Å²) in [5.41, 5.74) is 2.20. The molecule has 1 heterocycles. The molecular formula is C17H27FN2O. The van der Waals surface area contributed by atoms with Crippen molar-refractivity contribution in [3.63, 3.8) is 0 Å². The van der Waals surface area contributed by atoms with E-state index in [1.165, 1.54) is 12.1 Å². The zero-order valence-corrected chi connectivity index (χ0v) is 13.4. The Morgan fingerprint density at radius 2 is 2.14 bits per heavy atom. The molecule has 0 radical (unpaired) electrons. The first kappa shape index (κ1) is 16.2. The van der Waals surface area contributed by atoms with Crippen LogP contribution in [0.1, 0.15) is 25.8 Å². The first-order chi connectivity index (χ1) is 10.1. The van der Waals surface area contributed by atoms with Crippen LogP contribution in [0.4, 0.5) is 10.1 Å². The van der Waals surface area contributed by atoms with Gasteiger partial charge in [-0.25, -0.2) is 4.39 Å². The summed E-state index contributed by atoms with van der Waals surface area (Å²) < 4.78 is 18.6.